The van der Waals surface area contributed by atoms with Crippen LogP contribution in [0.1, 0.15) is 48.1 Å². The molecule has 1 heterocycles. The molecule has 0 saturated carbocycles. The summed E-state index contributed by atoms with van der Waals surface area (Å²) >= 11 is 0. The fourth-order valence-electron chi connectivity index (χ4n) is 8.65. The van der Waals surface area contributed by atoms with E-state index in [1.807, 2.05) is 0 Å². The van der Waals surface area contributed by atoms with Gasteiger partial charge in [0.25, 0.3) is 0 Å². The zero-order valence-corrected chi connectivity index (χ0v) is 30.9. The minimum absolute atomic E-state index is 0.0505. The molecule has 0 saturated heterocycles. The Hall–Kier alpha value is -6.64. The van der Waals surface area contributed by atoms with Gasteiger partial charge in [0.1, 0.15) is 0 Å². The average Bonchev–Trinajstić information content (AvgIpc) is 3.27. The normalized spacial score (nSPS) is 18.1. The second kappa shape index (κ2) is 13.6. The number of amidine groups is 1. The maximum absolute atomic E-state index is 5.45. The van der Waals surface area contributed by atoms with Crippen molar-refractivity contribution < 1.29 is 0 Å². The summed E-state index contributed by atoms with van der Waals surface area (Å²) in [4.78, 5) is 10.9. The molecule has 0 bridgehead atoms. The third kappa shape index (κ3) is 6.01. The van der Waals surface area contributed by atoms with Gasteiger partial charge in [-0.3, -0.25) is 4.99 Å². The Morgan fingerprint density at radius 3 is 1.87 bits per heavy atom. The molecule has 2 nitrogen and oxygen atoms in total. The fraction of sp³-hybridized carbons (Fsp3) is 0.0943. The van der Waals surface area contributed by atoms with Gasteiger partial charge in [0.05, 0.1) is 11.8 Å². The molecule has 0 N–H and O–H groups in total. The first-order valence-electron chi connectivity index (χ1n) is 19.3. The topological polar surface area (TPSA) is 24.7 Å². The van der Waals surface area contributed by atoms with Gasteiger partial charge < -0.3 is 0 Å². The van der Waals surface area contributed by atoms with Crippen molar-refractivity contribution in [2.45, 2.75) is 31.2 Å². The van der Waals surface area contributed by atoms with Gasteiger partial charge in [-0.2, -0.15) is 0 Å². The van der Waals surface area contributed by atoms with Crippen LogP contribution in [0, 0.1) is 0 Å². The molecule has 8 aromatic carbocycles. The number of allylic oxidation sites excluding steroid dienone is 4. The van der Waals surface area contributed by atoms with Crippen molar-refractivity contribution in [3.63, 3.8) is 0 Å². The molecule has 262 valence electrons. The van der Waals surface area contributed by atoms with Gasteiger partial charge in [-0.25, -0.2) is 4.99 Å². The van der Waals surface area contributed by atoms with Crippen molar-refractivity contribution in [3.8, 4) is 22.3 Å². The highest BCUT2D eigenvalue weighted by Gasteiger charge is 2.28. The fourth-order valence-corrected chi connectivity index (χ4v) is 8.65. The smallest absolute Gasteiger partial charge is 0.155 e. The van der Waals surface area contributed by atoms with Crippen molar-refractivity contribution >= 4 is 43.9 Å². The van der Waals surface area contributed by atoms with E-state index in [-0.39, 0.29) is 11.5 Å². The lowest BCUT2D eigenvalue weighted by molar-refractivity contribution is 0.597. The number of benzene rings is 8. The molecule has 1 aliphatic heterocycles. The predicted octanol–water partition coefficient (Wildman–Crippen LogP) is 13.6. The van der Waals surface area contributed by atoms with Crippen LogP contribution in [0.3, 0.4) is 0 Å². The van der Waals surface area contributed by atoms with E-state index in [9.17, 15) is 0 Å². The van der Waals surface area contributed by atoms with Crippen molar-refractivity contribution in [1.82, 2.24) is 0 Å². The standard InChI is InChI=1S/C53H40N2/c1-53(30-12-3-13-31-53)41-21-15-19-39(33-41)50-35-51(55-52(54-50)40-20-14-18-37(32-40)36-16-4-2-5-17-36)48-27-11-6-22-42(48)38-28-29-47-45-25-8-7-23-43(45)44-24-9-10-26-46(44)49(47)34-38/h2-30,32-34,50H,31,35H2,1H3. The van der Waals surface area contributed by atoms with E-state index in [1.54, 1.807) is 0 Å². The van der Waals surface area contributed by atoms with Crippen LogP contribution >= 0.6 is 0 Å². The number of hydrogen-bond donors (Lipinski definition) is 0. The molecule has 55 heavy (non-hydrogen) atoms. The molecule has 2 aliphatic rings. The average molecular weight is 705 g/mol. The summed E-state index contributed by atoms with van der Waals surface area (Å²) in [7, 11) is 0. The van der Waals surface area contributed by atoms with E-state index in [0.29, 0.717) is 6.42 Å². The maximum atomic E-state index is 5.45. The number of aliphatic imine (C=N–C) groups is 2. The SMILES string of the molecule is CC1(c2cccc(C3CC(c4ccccc4-c4ccc5c6ccccc6c6ccccc6c5c4)=NC(c4cccc(-c5ccccc5)c4)=N3)c2)C=CC=CC1. The second-order valence-corrected chi connectivity index (χ2v) is 15.1. The minimum Gasteiger partial charge on any atom is -0.258 e. The molecule has 0 aromatic heterocycles. The Labute approximate surface area is 322 Å². The monoisotopic (exact) mass is 704 g/mol. The van der Waals surface area contributed by atoms with Crippen LogP contribution in [0.15, 0.2) is 204 Å². The van der Waals surface area contributed by atoms with Gasteiger partial charge >= 0.3 is 0 Å². The van der Waals surface area contributed by atoms with E-state index in [0.717, 1.165) is 34.7 Å². The van der Waals surface area contributed by atoms with Crippen LogP contribution in [0.4, 0.5) is 0 Å². The highest BCUT2D eigenvalue weighted by molar-refractivity contribution is 6.26. The molecule has 8 aromatic rings. The molecule has 0 amide bonds. The van der Waals surface area contributed by atoms with Crippen LogP contribution in [-0.2, 0) is 5.41 Å². The second-order valence-electron chi connectivity index (χ2n) is 15.1. The van der Waals surface area contributed by atoms with E-state index in [4.69, 9.17) is 9.98 Å². The first-order chi connectivity index (χ1) is 27.1. The molecule has 0 fully saturated rings. The van der Waals surface area contributed by atoms with Crippen LogP contribution in [0.25, 0.3) is 54.6 Å². The largest absolute Gasteiger partial charge is 0.258 e. The molecular weight excluding hydrogens is 665 g/mol. The summed E-state index contributed by atoms with van der Waals surface area (Å²) in [6.45, 7) is 2.33. The Morgan fingerprint density at radius 1 is 0.491 bits per heavy atom. The molecule has 10 rings (SSSR count). The number of hydrogen-bond acceptors (Lipinski definition) is 2. The zero-order valence-electron chi connectivity index (χ0n) is 30.9. The van der Waals surface area contributed by atoms with Crippen LogP contribution in [0.5, 0.6) is 0 Å². The van der Waals surface area contributed by atoms with Crippen LogP contribution < -0.4 is 0 Å². The Bertz CT molecular complexity index is 2860. The summed E-state index contributed by atoms with van der Waals surface area (Å²) < 4.78 is 0. The van der Waals surface area contributed by atoms with E-state index >= 15 is 0 Å². The first kappa shape index (κ1) is 33.0. The highest BCUT2D eigenvalue weighted by Crippen LogP contribution is 2.40. The maximum Gasteiger partial charge on any atom is 0.155 e. The quantitative estimate of drug-likeness (QED) is 0.154. The highest BCUT2D eigenvalue weighted by atomic mass is 15.0. The summed E-state index contributed by atoms with van der Waals surface area (Å²) in [6, 6.07) is 61.6. The van der Waals surface area contributed by atoms with E-state index < -0.39 is 0 Å². The zero-order chi connectivity index (χ0) is 36.8. The predicted molar refractivity (Wildman–Crippen MR) is 233 cm³/mol. The third-order valence-corrected chi connectivity index (χ3v) is 11.6. The van der Waals surface area contributed by atoms with Crippen molar-refractivity contribution in [2.75, 3.05) is 0 Å². The van der Waals surface area contributed by atoms with Crippen molar-refractivity contribution in [2.24, 2.45) is 9.98 Å². The van der Waals surface area contributed by atoms with Gasteiger partial charge in [0.2, 0.25) is 0 Å². The summed E-state index contributed by atoms with van der Waals surface area (Å²) in [5.41, 5.74) is 10.4. The van der Waals surface area contributed by atoms with Gasteiger partial charge in [0, 0.05) is 23.0 Å². The van der Waals surface area contributed by atoms with Crippen molar-refractivity contribution in [1.29, 1.82) is 0 Å². The molecule has 2 atom stereocenters. The molecule has 0 spiro atoms. The molecule has 0 radical (unpaired) electrons. The molecule has 2 unspecified atom stereocenters. The first-order valence-corrected chi connectivity index (χ1v) is 19.3. The lowest BCUT2D eigenvalue weighted by atomic mass is 9.76. The van der Waals surface area contributed by atoms with Gasteiger partial charge in [-0.05, 0) is 84.3 Å². The Balaban J connectivity index is 1.12. The molecular formula is C53H40N2. The Kier molecular flexibility index (Phi) is 8.18. The van der Waals surface area contributed by atoms with Gasteiger partial charge in [-0.1, -0.05) is 189 Å². The summed E-state index contributed by atoms with van der Waals surface area (Å²) in [5, 5.41) is 7.67. The van der Waals surface area contributed by atoms with Crippen LogP contribution in [0.2, 0.25) is 0 Å². The number of fused-ring (bicyclic) bond motifs is 6. The van der Waals surface area contributed by atoms with Gasteiger partial charge in [-0.15, -0.1) is 0 Å². The lowest BCUT2D eigenvalue weighted by Crippen LogP contribution is -2.21. The summed E-state index contributed by atoms with van der Waals surface area (Å²) in [6.07, 6.45) is 10.6. The third-order valence-electron chi connectivity index (χ3n) is 11.6. The van der Waals surface area contributed by atoms with E-state index in [2.05, 4.69) is 201 Å². The Morgan fingerprint density at radius 2 is 1.13 bits per heavy atom. The minimum atomic E-state index is -0.0884. The summed E-state index contributed by atoms with van der Waals surface area (Å²) in [5.74, 6) is 0.770. The molecule has 1 aliphatic carbocycles. The number of nitrogens with zero attached hydrogens (tertiary/aromatic N) is 2. The van der Waals surface area contributed by atoms with Gasteiger partial charge in [0.15, 0.2) is 5.84 Å². The number of rotatable bonds is 6. The molecule has 2 heteroatoms. The van der Waals surface area contributed by atoms with Crippen molar-refractivity contribution in [3.05, 3.63) is 216 Å². The van der Waals surface area contributed by atoms with Crippen LogP contribution in [-0.4, -0.2) is 11.5 Å². The van der Waals surface area contributed by atoms with E-state index in [1.165, 1.54) is 60.1 Å². The lowest BCUT2D eigenvalue weighted by Gasteiger charge is -2.29.